The number of ether oxygens (including phenoxy) is 1. The van der Waals surface area contributed by atoms with Gasteiger partial charge in [0.2, 0.25) is 11.8 Å². The Kier molecular flexibility index (Phi) is 4.77. The molecule has 0 aliphatic heterocycles. The van der Waals surface area contributed by atoms with E-state index in [2.05, 4.69) is 31.2 Å². The van der Waals surface area contributed by atoms with E-state index in [1.165, 1.54) is 19.3 Å². The molecule has 0 saturated heterocycles. The van der Waals surface area contributed by atoms with Crippen LogP contribution in [-0.4, -0.2) is 29.7 Å². The lowest BCUT2D eigenvalue weighted by Crippen LogP contribution is -2.37. The number of methoxy groups -OCH3 is 1. The second-order valence-corrected chi connectivity index (χ2v) is 5.49. The van der Waals surface area contributed by atoms with Crippen molar-refractivity contribution in [1.82, 2.24) is 9.97 Å². The van der Waals surface area contributed by atoms with Crippen molar-refractivity contribution in [3.63, 3.8) is 0 Å². The Bertz CT molecular complexity index is 402. The van der Waals surface area contributed by atoms with Gasteiger partial charge >= 0.3 is 0 Å². The maximum absolute atomic E-state index is 6.11. The molecule has 0 amide bonds. The van der Waals surface area contributed by atoms with Crippen molar-refractivity contribution in [2.45, 2.75) is 31.7 Å². The maximum atomic E-state index is 6.11. The number of nitrogens with two attached hydrogens (primary N) is 1. The minimum absolute atomic E-state index is 0.295. The van der Waals surface area contributed by atoms with Gasteiger partial charge in [0.25, 0.3) is 0 Å². The van der Waals surface area contributed by atoms with E-state index in [0.29, 0.717) is 23.8 Å². The van der Waals surface area contributed by atoms with E-state index in [4.69, 9.17) is 10.5 Å². The average Bonchev–Trinajstić information content (AvgIpc) is 2.39. The number of halogens is 1. The highest BCUT2D eigenvalue weighted by Gasteiger charge is 2.21. The first-order valence-electron chi connectivity index (χ1n) is 6.26. The molecule has 2 rings (SSSR count). The van der Waals surface area contributed by atoms with Crippen LogP contribution in [0.5, 0.6) is 5.88 Å². The largest absolute Gasteiger partial charge is 0.480 e. The number of aromatic nitrogens is 2. The van der Waals surface area contributed by atoms with Crippen molar-refractivity contribution in [3.8, 4) is 5.88 Å². The lowest BCUT2D eigenvalue weighted by atomic mass is 9.85. The van der Waals surface area contributed by atoms with E-state index in [0.717, 1.165) is 17.4 Å². The quantitative estimate of drug-likeness (QED) is 0.891. The lowest BCUT2D eigenvalue weighted by molar-refractivity contribution is 0.320. The zero-order chi connectivity index (χ0) is 13.0. The summed E-state index contributed by atoms with van der Waals surface area (Å²) in [7, 11) is 1.59. The van der Waals surface area contributed by atoms with Gasteiger partial charge in [0.05, 0.1) is 17.8 Å². The van der Waals surface area contributed by atoms with Crippen LogP contribution in [0.2, 0.25) is 0 Å². The SMILES string of the molecule is COc1nc(NCC2CCCCC2N)ncc1Br. The number of nitrogens with one attached hydrogen (secondary N) is 1. The van der Waals surface area contributed by atoms with Gasteiger partial charge in [0.1, 0.15) is 0 Å². The number of hydrogen-bond acceptors (Lipinski definition) is 5. The summed E-state index contributed by atoms with van der Waals surface area (Å²) in [4.78, 5) is 8.47. The Morgan fingerprint density at radius 3 is 3.00 bits per heavy atom. The average molecular weight is 315 g/mol. The molecule has 1 fully saturated rings. The molecule has 0 bridgehead atoms. The molecule has 6 heteroatoms. The van der Waals surface area contributed by atoms with Crippen molar-refractivity contribution in [1.29, 1.82) is 0 Å². The van der Waals surface area contributed by atoms with Gasteiger partial charge in [-0.15, -0.1) is 0 Å². The van der Waals surface area contributed by atoms with E-state index in [1.807, 2.05) is 0 Å². The molecule has 18 heavy (non-hydrogen) atoms. The topological polar surface area (TPSA) is 73.1 Å². The summed E-state index contributed by atoms with van der Waals surface area (Å²) < 4.78 is 5.89. The molecule has 1 aliphatic carbocycles. The molecule has 2 unspecified atom stereocenters. The number of hydrogen-bond donors (Lipinski definition) is 2. The second-order valence-electron chi connectivity index (χ2n) is 4.64. The first-order valence-corrected chi connectivity index (χ1v) is 7.06. The van der Waals surface area contributed by atoms with Crippen LogP contribution in [0.1, 0.15) is 25.7 Å². The normalized spacial score (nSPS) is 23.7. The van der Waals surface area contributed by atoms with Crippen LogP contribution in [0, 0.1) is 5.92 Å². The molecule has 1 aromatic heterocycles. The molecular weight excluding hydrogens is 296 g/mol. The van der Waals surface area contributed by atoms with Gasteiger partial charge in [0, 0.05) is 12.6 Å². The molecule has 1 saturated carbocycles. The summed E-state index contributed by atoms with van der Waals surface area (Å²) in [6.45, 7) is 0.825. The zero-order valence-corrected chi connectivity index (χ0v) is 12.1. The van der Waals surface area contributed by atoms with Crippen molar-refractivity contribution >= 4 is 21.9 Å². The van der Waals surface area contributed by atoms with E-state index >= 15 is 0 Å². The Morgan fingerprint density at radius 1 is 1.50 bits per heavy atom. The van der Waals surface area contributed by atoms with E-state index in [-0.39, 0.29) is 0 Å². The number of anilines is 1. The summed E-state index contributed by atoms with van der Waals surface area (Å²) in [5, 5.41) is 3.24. The third-order valence-electron chi connectivity index (χ3n) is 3.40. The van der Waals surface area contributed by atoms with Crippen LogP contribution in [0.4, 0.5) is 5.95 Å². The molecule has 0 radical (unpaired) electrons. The van der Waals surface area contributed by atoms with Crippen LogP contribution < -0.4 is 15.8 Å². The van der Waals surface area contributed by atoms with Crippen molar-refractivity contribution in [3.05, 3.63) is 10.7 Å². The maximum Gasteiger partial charge on any atom is 0.232 e. The van der Waals surface area contributed by atoms with Crippen LogP contribution in [0.15, 0.2) is 10.7 Å². The molecule has 0 spiro atoms. The number of nitrogens with zero attached hydrogens (tertiary/aromatic N) is 2. The first-order chi connectivity index (χ1) is 8.70. The van der Waals surface area contributed by atoms with Crippen LogP contribution in [0.25, 0.3) is 0 Å². The van der Waals surface area contributed by atoms with E-state index in [9.17, 15) is 0 Å². The summed E-state index contributed by atoms with van der Waals surface area (Å²) in [5.74, 6) is 1.64. The summed E-state index contributed by atoms with van der Waals surface area (Å²) in [6.07, 6.45) is 6.51. The monoisotopic (exact) mass is 314 g/mol. The van der Waals surface area contributed by atoms with E-state index in [1.54, 1.807) is 13.3 Å². The Balaban J connectivity index is 1.93. The van der Waals surface area contributed by atoms with Gasteiger partial charge in [-0.2, -0.15) is 4.98 Å². The standard InChI is InChI=1S/C12H19BrN4O/c1-18-11-9(13)7-16-12(17-11)15-6-8-4-2-3-5-10(8)14/h7-8,10H,2-6,14H2,1H3,(H,15,16,17). The summed E-state index contributed by atoms with van der Waals surface area (Å²) in [5.41, 5.74) is 6.11. The predicted octanol–water partition coefficient (Wildman–Crippen LogP) is 2.18. The predicted molar refractivity (Wildman–Crippen MR) is 74.7 cm³/mol. The smallest absolute Gasteiger partial charge is 0.232 e. The fourth-order valence-corrected chi connectivity index (χ4v) is 2.64. The van der Waals surface area contributed by atoms with Gasteiger partial charge in [-0.3, -0.25) is 0 Å². The number of rotatable bonds is 4. The lowest BCUT2D eigenvalue weighted by Gasteiger charge is -2.28. The van der Waals surface area contributed by atoms with Gasteiger partial charge in [-0.1, -0.05) is 12.8 Å². The molecule has 3 N–H and O–H groups in total. The van der Waals surface area contributed by atoms with Crippen LogP contribution in [0.3, 0.4) is 0 Å². The molecule has 2 atom stereocenters. The van der Waals surface area contributed by atoms with Gasteiger partial charge < -0.3 is 15.8 Å². The van der Waals surface area contributed by atoms with Gasteiger partial charge in [-0.05, 0) is 34.7 Å². The van der Waals surface area contributed by atoms with Crippen molar-refractivity contribution in [2.24, 2.45) is 11.7 Å². The summed E-state index contributed by atoms with van der Waals surface area (Å²) >= 11 is 3.33. The van der Waals surface area contributed by atoms with E-state index < -0.39 is 0 Å². The molecule has 0 aromatic carbocycles. The van der Waals surface area contributed by atoms with Crippen LogP contribution in [-0.2, 0) is 0 Å². The fourth-order valence-electron chi connectivity index (χ4n) is 2.29. The molecule has 1 aliphatic rings. The Morgan fingerprint density at radius 2 is 2.28 bits per heavy atom. The zero-order valence-electron chi connectivity index (χ0n) is 10.5. The fraction of sp³-hybridized carbons (Fsp3) is 0.667. The van der Waals surface area contributed by atoms with Crippen molar-refractivity contribution < 1.29 is 4.74 Å². The Hall–Kier alpha value is -0.880. The Labute approximate surface area is 116 Å². The molecule has 1 heterocycles. The third-order valence-corrected chi connectivity index (χ3v) is 3.94. The first kappa shape index (κ1) is 13.5. The highest BCUT2D eigenvalue weighted by molar-refractivity contribution is 9.10. The van der Waals surface area contributed by atoms with Gasteiger partial charge in [0.15, 0.2) is 0 Å². The minimum atomic E-state index is 0.295. The van der Waals surface area contributed by atoms with Crippen LogP contribution >= 0.6 is 15.9 Å². The molecule has 5 nitrogen and oxygen atoms in total. The minimum Gasteiger partial charge on any atom is -0.480 e. The third kappa shape index (κ3) is 3.32. The second kappa shape index (κ2) is 6.33. The summed E-state index contributed by atoms with van der Waals surface area (Å²) in [6, 6.07) is 0.295. The highest BCUT2D eigenvalue weighted by atomic mass is 79.9. The van der Waals surface area contributed by atoms with Gasteiger partial charge in [-0.25, -0.2) is 4.98 Å². The highest BCUT2D eigenvalue weighted by Crippen LogP contribution is 2.24. The van der Waals surface area contributed by atoms with Crippen molar-refractivity contribution in [2.75, 3.05) is 19.0 Å². The molecular formula is C12H19BrN4O. The molecule has 100 valence electrons. The molecule has 1 aromatic rings.